The number of hydrogen-bond donors (Lipinski definition) is 1. The van der Waals surface area contributed by atoms with E-state index in [1.54, 1.807) is 0 Å². The summed E-state index contributed by atoms with van der Waals surface area (Å²) in [6.45, 7) is 5.97. The Balaban J connectivity index is 1.59. The summed E-state index contributed by atoms with van der Waals surface area (Å²) < 4.78 is 7.56. The minimum atomic E-state index is 0.770. The minimum Gasteiger partial charge on any atom is -0.399 e. The Hall–Kier alpha value is -1.59. The number of nitrogen functional groups attached to an aromatic ring is 1. The third kappa shape index (κ3) is 2.88. The lowest BCUT2D eigenvalue weighted by Crippen LogP contribution is -2.37. The van der Waals surface area contributed by atoms with Crippen LogP contribution in [-0.4, -0.2) is 47.3 Å². The van der Waals surface area contributed by atoms with Gasteiger partial charge in [-0.3, -0.25) is 4.90 Å². The molecule has 1 aromatic heterocycles. The third-order valence-corrected chi connectivity index (χ3v) is 3.62. The average Bonchev–Trinajstić information content (AvgIpc) is 2.82. The summed E-state index contributed by atoms with van der Waals surface area (Å²) in [6, 6.07) is 5.91. The molecule has 0 bridgehead atoms. The second-order valence-electron chi connectivity index (χ2n) is 4.99. The van der Waals surface area contributed by atoms with Gasteiger partial charge in [0, 0.05) is 31.9 Å². The number of aromatic nitrogens is 2. The molecule has 0 spiro atoms. The Morgan fingerprint density at radius 1 is 1.21 bits per heavy atom. The number of hydrogen-bond acceptors (Lipinski definition) is 4. The zero-order valence-electron chi connectivity index (χ0n) is 11.1. The number of ether oxygens (including phenoxy) is 1. The molecule has 19 heavy (non-hydrogen) atoms. The van der Waals surface area contributed by atoms with Crippen LogP contribution in [0.5, 0.6) is 0 Å². The molecule has 1 aliphatic heterocycles. The van der Waals surface area contributed by atoms with Gasteiger partial charge in [-0.1, -0.05) is 0 Å². The topological polar surface area (TPSA) is 56.3 Å². The second-order valence-corrected chi connectivity index (χ2v) is 4.99. The molecule has 1 fully saturated rings. The number of anilines is 1. The van der Waals surface area contributed by atoms with Crippen molar-refractivity contribution in [3.8, 4) is 0 Å². The molecular formula is C14H20N4O. The van der Waals surface area contributed by atoms with Crippen LogP contribution in [0.2, 0.25) is 0 Å². The highest BCUT2D eigenvalue weighted by Gasteiger charge is 2.10. The van der Waals surface area contributed by atoms with Crippen molar-refractivity contribution < 1.29 is 4.74 Å². The molecule has 1 aromatic carbocycles. The van der Waals surface area contributed by atoms with Crippen LogP contribution in [0, 0.1) is 0 Å². The molecule has 5 nitrogen and oxygen atoms in total. The van der Waals surface area contributed by atoms with Crippen LogP contribution in [0.25, 0.3) is 11.0 Å². The van der Waals surface area contributed by atoms with Gasteiger partial charge in [0.25, 0.3) is 0 Å². The van der Waals surface area contributed by atoms with Gasteiger partial charge in [-0.15, -0.1) is 0 Å². The van der Waals surface area contributed by atoms with Crippen LogP contribution >= 0.6 is 0 Å². The summed E-state index contributed by atoms with van der Waals surface area (Å²) in [5, 5.41) is 0. The summed E-state index contributed by atoms with van der Waals surface area (Å²) in [4.78, 5) is 6.85. The van der Waals surface area contributed by atoms with Gasteiger partial charge in [-0.2, -0.15) is 0 Å². The molecule has 0 atom stereocenters. The van der Waals surface area contributed by atoms with Crippen molar-refractivity contribution in [3.63, 3.8) is 0 Å². The van der Waals surface area contributed by atoms with Gasteiger partial charge < -0.3 is 15.0 Å². The van der Waals surface area contributed by atoms with Gasteiger partial charge in [0.1, 0.15) is 0 Å². The van der Waals surface area contributed by atoms with E-state index < -0.39 is 0 Å². The van der Waals surface area contributed by atoms with E-state index in [-0.39, 0.29) is 0 Å². The first-order chi connectivity index (χ1) is 9.33. The van der Waals surface area contributed by atoms with Crippen molar-refractivity contribution in [3.05, 3.63) is 24.5 Å². The summed E-state index contributed by atoms with van der Waals surface area (Å²) in [5.74, 6) is 0. The lowest BCUT2D eigenvalue weighted by molar-refractivity contribution is 0.0369. The Morgan fingerprint density at radius 3 is 2.89 bits per heavy atom. The maximum atomic E-state index is 5.76. The maximum absolute atomic E-state index is 5.76. The quantitative estimate of drug-likeness (QED) is 0.843. The van der Waals surface area contributed by atoms with Gasteiger partial charge in [0.15, 0.2) is 0 Å². The monoisotopic (exact) mass is 260 g/mol. The molecular weight excluding hydrogens is 240 g/mol. The minimum absolute atomic E-state index is 0.770. The molecule has 0 unspecified atom stereocenters. The zero-order valence-corrected chi connectivity index (χ0v) is 11.1. The van der Waals surface area contributed by atoms with Gasteiger partial charge in [0.2, 0.25) is 0 Å². The summed E-state index contributed by atoms with van der Waals surface area (Å²) >= 11 is 0. The molecule has 2 heterocycles. The van der Waals surface area contributed by atoms with Crippen molar-refractivity contribution in [2.24, 2.45) is 0 Å². The summed E-state index contributed by atoms with van der Waals surface area (Å²) in [7, 11) is 0. The number of fused-ring (bicyclic) bond motifs is 1. The number of morpholine rings is 1. The van der Waals surface area contributed by atoms with E-state index in [0.29, 0.717) is 0 Å². The molecule has 102 valence electrons. The average molecular weight is 260 g/mol. The lowest BCUT2D eigenvalue weighted by atomic mass is 10.2. The molecule has 2 aromatic rings. The number of benzene rings is 1. The number of rotatable bonds is 4. The molecule has 2 N–H and O–H groups in total. The lowest BCUT2D eigenvalue weighted by Gasteiger charge is -2.26. The van der Waals surface area contributed by atoms with Crippen molar-refractivity contribution in [2.75, 3.05) is 38.6 Å². The van der Waals surface area contributed by atoms with Crippen molar-refractivity contribution in [2.45, 2.75) is 13.0 Å². The molecule has 0 radical (unpaired) electrons. The number of nitrogens with two attached hydrogens (primary N) is 1. The van der Waals surface area contributed by atoms with Crippen molar-refractivity contribution >= 4 is 16.7 Å². The molecule has 0 aliphatic carbocycles. The molecule has 5 heteroatoms. The van der Waals surface area contributed by atoms with E-state index in [0.717, 1.165) is 62.5 Å². The first-order valence-corrected chi connectivity index (χ1v) is 6.83. The number of imidazole rings is 1. The van der Waals surface area contributed by atoms with Crippen LogP contribution in [-0.2, 0) is 11.3 Å². The van der Waals surface area contributed by atoms with Gasteiger partial charge in [0.05, 0.1) is 30.6 Å². The van der Waals surface area contributed by atoms with Crippen LogP contribution in [0.4, 0.5) is 5.69 Å². The molecule has 0 amide bonds. The Bertz CT molecular complexity index is 545. The van der Waals surface area contributed by atoms with E-state index in [4.69, 9.17) is 10.5 Å². The van der Waals surface area contributed by atoms with Gasteiger partial charge >= 0.3 is 0 Å². The fraction of sp³-hybridized carbons (Fsp3) is 0.500. The Kier molecular flexibility index (Phi) is 3.66. The third-order valence-electron chi connectivity index (χ3n) is 3.62. The smallest absolute Gasteiger partial charge is 0.0958 e. The normalized spacial score (nSPS) is 17.1. The fourth-order valence-corrected chi connectivity index (χ4v) is 2.55. The van der Waals surface area contributed by atoms with Crippen molar-refractivity contribution in [1.82, 2.24) is 14.5 Å². The Morgan fingerprint density at radius 2 is 2.05 bits per heavy atom. The fourth-order valence-electron chi connectivity index (χ4n) is 2.55. The maximum Gasteiger partial charge on any atom is 0.0958 e. The molecule has 1 aliphatic rings. The van der Waals surface area contributed by atoms with Crippen LogP contribution in [0.15, 0.2) is 24.5 Å². The standard InChI is InChI=1S/C14H20N4O/c15-12-2-3-14-13(10-12)16-11-18(14)5-1-4-17-6-8-19-9-7-17/h2-3,10-11H,1,4-9,15H2. The largest absolute Gasteiger partial charge is 0.399 e. The molecule has 1 saturated heterocycles. The second kappa shape index (κ2) is 5.59. The van der Waals surface area contributed by atoms with Crippen LogP contribution < -0.4 is 5.73 Å². The summed E-state index contributed by atoms with van der Waals surface area (Å²) in [5.41, 5.74) is 8.67. The van der Waals surface area contributed by atoms with E-state index in [1.807, 2.05) is 24.5 Å². The first kappa shape index (κ1) is 12.4. The van der Waals surface area contributed by atoms with E-state index in [1.165, 1.54) is 0 Å². The Labute approximate surface area is 113 Å². The zero-order chi connectivity index (χ0) is 13.1. The number of nitrogens with zero attached hydrogens (tertiary/aromatic N) is 3. The van der Waals surface area contributed by atoms with Gasteiger partial charge in [-0.25, -0.2) is 4.98 Å². The van der Waals surface area contributed by atoms with E-state index >= 15 is 0 Å². The molecule has 3 rings (SSSR count). The SMILES string of the molecule is Nc1ccc2c(c1)ncn2CCCN1CCOCC1. The highest BCUT2D eigenvalue weighted by Crippen LogP contribution is 2.16. The predicted octanol–water partition coefficient (Wildman–Crippen LogP) is 1.34. The van der Waals surface area contributed by atoms with Crippen molar-refractivity contribution in [1.29, 1.82) is 0 Å². The molecule has 0 saturated carbocycles. The first-order valence-electron chi connectivity index (χ1n) is 6.83. The summed E-state index contributed by atoms with van der Waals surface area (Å²) in [6.07, 6.45) is 3.04. The van der Waals surface area contributed by atoms with Gasteiger partial charge in [-0.05, 0) is 24.6 Å². The van der Waals surface area contributed by atoms with E-state index in [2.05, 4.69) is 14.5 Å². The van der Waals surface area contributed by atoms with E-state index in [9.17, 15) is 0 Å². The highest BCUT2D eigenvalue weighted by molar-refractivity contribution is 5.78. The predicted molar refractivity (Wildman–Crippen MR) is 76.0 cm³/mol. The van der Waals surface area contributed by atoms with Crippen LogP contribution in [0.1, 0.15) is 6.42 Å². The highest BCUT2D eigenvalue weighted by atomic mass is 16.5. The number of aryl methyl sites for hydroxylation is 1. The van der Waals surface area contributed by atoms with Crippen LogP contribution in [0.3, 0.4) is 0 Å².